The minimum absolute atomic E-state index is 0.0109. The lowest BCUT2D eigenvalue weighted by molar-refractivity contribution is -0.118. The monoisotopic (exact) mass is 234 g/mol. The van der Waals surface area contributed by atoms with Crippen LogP contribution in [0.5, 0.6) is 0 Å². The van der Waals surface area contributed by atoms with Crippen LogP contribution in [-0.2, 0) is 11.2 Å². The molecule has 0 bridgehead atoms. The molecule has 17 heavy (non-hydrogen) atoms. The molecule has 1 aliphatic rings. The molecule has 1 heterocycles. The van der Waals surface area contributed by atoms with E-state index >= 15 is 0 Å². The van der Waals surface area contributed by atoms with Gasteiger partial charge in [0, 0.05) is 31.6 Å². The zero-order valence-electron chi connectivity index (χ0n) is 10.0. The van der Waals surface area contributed by atoms with Crippen LogP contribution in [-0.4, -0.2) is 31.2 Å². The zero-order chi connectivity index (χ0) is 12.4. The van der Waals surface area contributed by atoms with Gasteiger partial charge in [-0.05, 0) is 23.6 Å². The molecule has 1 unspecified atom stereocenters. The lowest BCUT2D eigenvalue weighted by Crippen LogP contribution is -2.31. The van der Waals surface area contributed by atoms with E-state index < -0.39 is 0 Å². The fraction of sp³-hybridized carbons (Fsp3) is 0.462. The Kier molecular flexibility index (Phi) is 3.45. The molecule has 2 rings (SSSR count). The number of nitrogens with two attached hydrogens (primary N) is 1. The van der Waals surface area contributed by atoms with E-state index in [1.165, 1.54) is 0 Å². The molecule has 4 nitrogen and oxygen atoms in total. The average molecular weight is 234 g/mol. The topological polar surface area (TPSA) is 66.6 Å². The second kappa shape index (κ2) is 4.85. The van der Waals surface area contributed by atoms with E-state index in [4.69, 9.17) is 5.73 Å². The molecule has 0 fully saturated rings. The van der Waals surface area contributed by atoms with E-state index in [9.17, 15) is 9.90 Å². The standard InChI is InChI=1S/C13H18N2O2/c1-15-12-4-2-9(11(7-14)8-16)6-10(12)3-5-13(15)17/h2,4,6,11,16H,3,5,7-8,14H2,1H3. The molecule has 1 aromatic rings. The van der Waals surface area contributed by atoms with E-state index in [1.54, 1.807) is 11.9 Å². The van der Waals surface area contributed by atoms with Crippen LogP contribution < -0.4 is 10.6 Å². The number of hydrogen-bond donors (Lipinski definition) is 2. The third-order valence-electron chi connectivity index (χ3n) is 3.42. The highest BCUT2D eigenvalue weighted by atomic mass is 16.3. The van der Waals surface area contributed by atoms with Gasteiger partial charge in [-0.1, -0.05) is 12.1 Å². The van der Waals surface area contributed by atoms with Gasteiger partial charge >= 0.3 is 0 Å². The fourth-order valence-electron chi connectivity index (χ4n) is 2.25. The SMILES string of the molecule is CN1C(=O)CCc2cc(C(CN)CO)ccc21. The van der Waals surface area contributed by atoms with Crippen LogP contribution in [0, 0.1) is 0 Å². The van der Waals surface area contributed by atoms with Crippen molar-refractivity contribution in [2.24, 2.45) is 5.73 Å². The minimum Gasteiger partial charge on any atom is -0.396 e. The van der Waals surface area contributed by atoms with E-state index in [-0.39, 0.29) is 18.4 Å². The molecule has 0 radical (unpaired) electrons. The lowest BCUT2D eigenvalue weighted by atomic mass is 9.93. The Bertz CT molecular complexity index is 427. The van der Waals surface area contributed by atoms with Crippen LogP contribution in [0.3, 0.4) is 0 Å². The first-order chi connectivity index (χ1) is 8.17. The number of rotatable bonds is 3. The van der Waals surface area contributed by atoms with Crippen molar-refractivity contribution in [3.63, 3.8) is 0 Å². The molecule has 3 N–H and O–H groups in total. The summed E-state index contributed by atoms with van der Waals surface area (Å²) < 4.78 is 0. The Morgan fingerprint density at radius 2 is 2.24 bits per heavy atom. The van der Waals surface area contributed by atoms with Crippen LogP contribution >= 0.6 is 0 Å². The predicted molar refractivity (Wildman–Crippen MR) is 67.1 cm³/mol. The lowest BCUT2D eigenvalue weighted by Gasteiger charge is -2.27. The summed E-state index contributed by atoms with van der Waals surface area (Å²) >= 11 is 0. The third kappa shape index (κ3) is 2.18. The van der Waals surface area contributed by atoms with Gasteiger partial charge in [0.1, 0.15) is 0 Å². The maximum absolute atomic E-state index is 11.6. The molecule has 0 saturated carbocycles. The van der Waals surface area contributed by atoms with Gasteiger partial charge in [-0.3, -0.25) is 4.79 Å². The Morgan fingerprint density at radius 1 is 1.47 bits per heavy atom. The smallest absolute Gasteiger partial charge is 0.227 e. The van der Waals surface area contributed by atoms with Crippen LogP contribution in [0.25, 0.3) is 0 Å². The van der Waals surface area contributed by atoms with Gasteiger partial charge in [0.25, 0.3) is 0 Å². The number of carbonyl (C=O) groups is 1. The number of hydrogen-bond acceptors (Lipinski definition) is 3. The number of benzene rings is 1. The first kappa shape index (κ1) is 12.1. The summed E-state index contributed by atoms with van der Waals surface area (Å²) in [6, 6.07) is 5.95. The summed E-state index contributed by atoms with van der Waals surface area (Å²) in [5.74, 6) is 0.144. The molecule has 1 amide bonds. The maximum Gasteiger partial charge on any atom is 0.227 e. The number of carbonyl (C=O) groups excluding carboxylic acids is 1. The van der Waals surface area contributed by atoms with Crippen LogP contribution in [0.15, 0.2) is 18.2 Å². The van der Waals surface area contributed by atoms with Gasteiger partial charge < -0.3 is 15.7 Å². The van der Waals surface area contributed by atoms with E-state index in [0.29, 0.717) is 13.0 Å². The summed E-state index contributed by atoms with van der Waals surface area (Å²) in [5, 5.41) is 9.23. The molecular weight excluding hydrogens is 216 g/mol. The summed E-state index contributed by atoms with van der Waals surface area (Å²) in [7, 11) is 1.80. The van der Waals surface area contributed by atoms with Crippen LogP contribution in [0.1, 0.15) is 23.5 Å². The van der Waals surface area contributed by atoms with Crippen molar-refractivity contribution < 1.29 is 9.90 Å². The summed E-state index contributed by atoms with van der Waals surface area (Å²) in [5.41, 5.74) is 8.80. The van der Waals surface area contributed by atoms with Crippen LogP contribution in [0.2, 0.25) is 0 Å². The third-order valence-corrected chi connectivity index (χ3v) is 3.42. The first-order valence-corrected chi connectivity index (χ1v) is 5.87. The molecular formula is C13H18N2O2. The highest BCUT2D eigenvalue weighted by molar-refractivity contribution is 5.95. The number of aliphatic hydroxyl groups is 1. The van der Waals surface area contributed by atoms with Crippen molar-refractivity contribution in [1.29, 1.82) is 0 Å². The van der Waals surface area contributed by atoms with Gasteiger partial charge in [0.15, 0.2) is 0 Å². The number of fused-ring (bicyclic) bond motifs is 1. The quantitative estimate of drug-likeness (QED) is 0.806. The molecule has 0 spiro atoms. The largest absolute Gasteiger partial charge is 0.396 e. The second-order valence-corrected chi connectivity index (χ2v) is 4.46. The first-order valence-electron chi connectivity index (χ1n) is 5.87. The zero-order valence-corrected chi connectivity index (χ0v) is 10.0. The van der Waals surface area contributed by atoms with Crippen molar-refractivity contribution in [2.45, 2.75) is 18.8 Å². The molecule has 0 saturated heterocycles. The molecule has 1 atom stereocenters. The highest BCUT2D eigenvalue weighted by Crippen LogP contribution is 2.29. The number of nitrogens with zero attached hydrogens (tertiary/aromatic N) is 1. The van der Waals surface area contributed by atoms with Crippen molar-refractivity contribution in [1.82, 2.24) is 0 Å². The molecule has 1 aromatic carbocycles. The van der Waals surface area contributed by atoms with E-state index in [0.717, 1.165) is 23.2 Å². The normalized spacial score (nSPS) is 16.9. The summed E-state index contributed by atoms with van der Waals surface area (Å²) in [4.78, 5) is 13.2. The van der Waals surface area contributed by atoms with Gasteiger partial charge in [0.05, 0.1) is 6.61 Å². The Morgan fingerprint density at radius 3 is 2.88 bits per heavy atom. The van der Waals surface area contributed by atoms with Crippen molar-refractivity contribution in [2.75, 3.05) is 25.1 Å². The summed E-state index contributed by atoms with van der Waals surface area (Å²) in [6.07, 6.45) is 1.33. The Hall–Kier alpha value is -1.39. The average Bonchev–Trinajstić information content (AvgIpc) is 2.35. The minimum atomic E-state index is -0.0109. The van der Waals surface area contributed by atoms with Crippen LogP contribution in [0.4, 0.5) is 5.69 Å². The van der Waals surface area contributed by atoms with Crippen molar-refractivity contribution in [3.8, 4) is 0 Å². The molecule has 4 heteroatoms. The number of amides is 1. The molecule has 0 aromatic heterocycles. The summed E-state index contributed by atoms with van der Waals surface area (Å²) in [6.45, 7) is 0.494. The van der Waals surface area contributed by atoms with Gasteiger partial charge in [-0.2, -0.15) is 0 Å². The molecule has 1 aliphatic heterocycles. The fourth-order valence-corrected chi connectivity index (χ4v) is 2.25. The van der Waals surface area contributed by atoms with Gasteiger partial charge in [0.2, 0.25) is 5.91 Å². The number of aliphatic hydroxyl groups excluding tert-OH is 1. The highest BCUT2D eigenvalue weighted by Gasteiger charge is 2.21. The second-order valence-electron chi connectivity index (χ2n) is 4.46. The molecule has 92 valence electrons. The van der Waals surface area contributed by atoms with Gasteiger partial charge in [-0.25, -0.2) is 0 Å². The maximum atomic E-state index is 11.6. The van der Waals surface area contributed by atoms with Crippen molar-refractivity contribution >= 4 is 11.6 Å². The predicted octanol–water partition coefficient (Wildman–Crippen LogP) is 0.630. The van der Waals surface area contributed by atoms with E-state index in [1.807, 2.05) is 12.1 Å². The van der Waals surface area contributed by atoms with E-state index in [2.05, 4.69) is 6.07 Å². The number of aryl methyl sites for hydroxylation is 1. The Labute approximate surface area is 101 Å². The van der Waals surface area contributed by atoms with Crippen molar-refractivity contribution in [3.05, 3.63) is 29.3 Å². The number of anilines is 1. The molecule has 0 aliphatic carbocycles. The van der Waals surface area contributed by atoms with Gasteiger partial charge in [-0.15, -0.1) is 0 Å². The Balaban J connectivity index is 2.35.